The van der Waals surface area contributed by atoms with Crippen LogP contribution in [-0.2, 0) is 9.59 Å². The SMILES string of the molecule is Cc1c(Cl)cccc1NC1=C(c2ccc(F)cc2)C(=O)N(c2ccccc2OC(C)C)C1=O. The molecule has 5 nitrogen and oxygen atoms in total. The van der Waals surface area contributed by atoms with Gasteiger partial charge in [-0.3, -0.25) is 9.59 Å². The lowest BCUT2D eigenvalue weighted by molar-refractivity contribution is -0.120. The van der Waals surface area contributed by atoms with Crippen molar-refractivity contribution < 1.29 is 18.7 Å². The fraction of sp³-hybridized carbons (Fsp3) is 0.154. The van der Waals surface area contributed by atoms with Gasteiger partial charge >= 0.3 is 0 Å². The standard InChI is InChI=1S/C26H22ClFN2O3/c1-15(2)33-22-10-5-4-9-21(22)30-25(31)23(17-11-13-18(28)14-12-17)24(26(30)32)29-20-8-6-7-19(27)16(20)3/h4-15,29H,1-3H3. The number of hydrogen-bond donors (Lipinski definition) is 1. The first-order valence-electron chi connectivity index (χ1n) is 10.4. The van der Waals surface area contributed by atoms with Crippen LogP contribution in [0, 0.1) is 12.7 Å². The van der Waals surface area contributed by atoms with Gasteiger partial charge in [0, 0.05) is 10.7 Å². The van der Waals surface area contributed by atoms with Gasteiger partial charge in [0.15, 0.2) is 0 Å². The van der Waals surface area contributed by atoms with E-state index >= 15 is 0 Å². The number of carbonyl (C=O) groups excluding carboxylic acids is 2. The number of nitrogens with zero attached hydrogens (tertiary/aromatic N) is 1. The molecule has 0 saturated carbocycles. The number of halogens is 2. The van der Waals surface area contributed by atoms with E-state index < -0.39 is 17.6 Å². The largest absolute Gasteiger partial charge is 0.489 e. The summed E-state index contributed by atoms with van der Waals surface area (Å²) in [6.45, 7) is 5.54. The number of carbonyl (C=O) groups is 2. The Morgan fingerprint density at radius 2 is 1.64 bits per heavy atom. The maximum absolute atomic E-state index is 13.6. The number of anilines is 2. The Kier molecular flexibility index (Phi) is 6.20. The van der Waals surface area contributed by atoms with E-state index in [0.717, 1.165) is 10.5 Å². The van der Waals surface area contributed by atoms with Crippen molar-refractivity contribution in [1.82, 2.24) is 0 Å². The molecule has 0 radical (unpaired) electrons. The molecule has 1 N–H and O–H groups in total. The Morgan fingerprint density at radius 1 is 0.939 bits per heavy atom. The molecule has 1 aliphatic rings. The zero-order valence-corrected chi connectivity index (χ0v) is 19.1. The van der Waals surface area contributed by atoms with E-state index in [1.807, 2.05) is 20.8 Å². The maximum atomic E-state index is 13.6. The predicted octanol–water partition coefficient (Wildman–Crippen LogP) is 5.97. The number of nitrogens with one attached hydrogen (secondary N) is 1. The predicted molar refractivity (Wildman–Crippen MR) is 128 cm³/mol. The van der Waals surface area contributed by atoms with Gasteiger partial charge in [-0.25, -0.2) is 9.29 Å². The number of rotatable bonds is 6. The number of benzene rings is 3. The molecule has 3 aromatic carbocycles. The van der Waals surface area contributed by atoms with E-state index in [9.17, 15) is 14.0 Å². The first-order chi connectivity index (χ1) is 15.8. The van der Waals surface area contributed by atoms with Crippen LogP contribution in [0.4, 0.5) is 15.8 Å². The number of amides is 2. The van der Waals surface area contributed by atoms with E-state index in [0.29, 0.717) is 27.7 Å². The molecular weight excluding hydrogens is 443 g/mol. The van der Waals surface area contributed by atoms with Crippen molar-refractivity contribution >= 4 is 40.4 Å². The van der Waals surface area contributed by atoms with E-state index in [4.69, 9.17) is 16.3 Å². The second-order valence-electron chi connectivity index (χ2n) is 7.87. The van der Waals surface area contributed by atoms with Gasteiger partial charge < -0.3 is 10.1 Å². The average molecular weight is 465 g/mol. The van der Waals surface area contributed by atoms with Gasteiger partial charge in [0.1, 0.15) is 17.3 Å². The summed E-state index contributed by atoms with van der Waals surface area (Å²) in [6, 6.07) is 17.6. The van der Waals surface area contributed by atoms with Gasteiger partial charge in [0.25, 0.3) is 11.8 Å². The molecule has 1 heterocycles. The van der Waals surface area contributed by atoms with Gasteiger partial charge in [-0.1, -0.05) is 41.9 Å². The summed E-state index contributed by atoms with van der Waals surface area (Å²) in [6.07, 6.45) is -0.157. The molecule has 168 valence electrons. The lowest BCUT2D eigenvalue weighted by atomic mass is 10.0. The van der Waals surface area contributed by atoms with Gasteiger partial charge in [-0.2, -0.15) is 0 Å². The van der Waals surface area contributed by atoms with Gasteiger partial charge in [-0.15, -0.1) is 0 Å². The molecule has 0 aromatic heterocycles. The molecular formula is C26H22ClFN2O3. The number of para-hydroxylation sites is 2. The minimum absolute atomic E-state index is 0.0799. The van der Waals surface area contributed by atoms with E-state index in [-0.39, 0.29) is 17.4 Å². The van der Waals surface area contributed by atoms with Crippen LogP contribution in [0.2, 0.25) is 5.02 Å². The molecule has 7 heteroatoms. The summed E-state index contributed by atoms with van der Waals surface area (Å²) in [5.41, 5.74) is 2.29. The lowest BCUT2D eigenvalue weighted by Gasteiger charge is -2.20. The molecule has 33 heavy (non-hydrogen) atoms. The maximum Gasteiger partial charge on any atom is 0.282 e. The highest BCUT2D eigenvalue weighted by Gasteiger charge is 2.41. The first kappa shape index (κ1) is 22.6. The van der Waals surface area contributed by atoms with Crippen molar-refractivity contribution in [3.63, 3.8) is 0 Å². The third kappa shape index (κ3) is 4.34. The second-order valence-corrected chi connectivity index (χ2v) is 8.28. The Morgan fingerprint density at radius 3 is 2.33 bits per heavy atom. The Bertz CT molecular complexity index is 1270. The van der Waals surface area contributed by atoms with Crippen molar-refractivity contribution in [3.05, 3.63) is 94.4 Å². The number of imide groups is 1. The average Bonchev–Trinajstić information content (AvgIpc) is 3.01. The minimum Gasteiger partial charge on any atom is -0.489 e. The summed E-state index contributed by atoms with van der Waals surface area (Å²) in [5, 5.41) is 3.62. The molecule has 4 rings (SSSR count). The quantitative estimate of drug-likeness (QED) is 0.456. The highest BCUT2D eigenvalue weighted by Crippen LogP contribution is 2.38. The van der Waals surface area contributed by atoms with Crippen molar-refractivity contribution in [3.8, 4) is 5.75 Å². The van der Waals surface area contributed by atoms with Crippen LogP contribution in [0.15, 0.2) is 72.4 Å². The van der Waals surface area contributed by atoms with Crippen molar-refractivity contribution in [2.24, 2.45) is 0 Å². The molecule has 2 amide bonds. The Labute approximate surface area is 196 Å². The van der Waals surface area contributed by atoms with Crippen molar-refractivity contribution in [2.75, 3.05) is 10.2 Å². The Hall–Kier alpha value is -3.64. The van der Waals surface area contributed by atoms with E-state index in [1.165, 1.54) is 24.3 Å². The molecule has 0 aliphatic carbocycles. The first-order valence-corrected chi connectivity index (χ1v) is 10.8. The van der Waals surface area contributed by atoms with Crippen LogP contribution in [0.5, 0.6) is 5.75 Å². The zero-order chi connectivity index (χ0) is 23.7. The third-order valence-electron chi connectivity index (χ3n) is 5.21. The molecule has 3 aromatic rings. The fourth-order valence-corrected chi connectivity index (χ4v) is 3.80. The van der Waals surface area contributed by atoms with Crippen LogP contribution >= 0.6 is 11.6 Å². The van der Waals surface area contributed by atoms with Crippen LogP contribution in [-0.4, -0.2) is 17.9 Å². The van der Waals surface area contributed by atoms with E-state index in [2.05, 4.69) is 5.32 Å². The van der Waals surface area contributed by atoms with Crippen LogP contribution < -0.4 is 15.0 Å². The van der Waals surface area contributed by atoms with Crippen LogP contribution in [0.3, 0.4) is 0 Å². The fourth-order valence-electron chi connectivity index (χ4n) is 3.62. The van der Waals surface area contributed by atoms with Crippen LogP contribution in [0.1, 0.15) is 25.0 Å². The summed E-state index contributed by atoms with van der Waals surface area (Å²) >= 11 is 6.25. The van der Waals surface area contributed by atoms with Crippen molar-refractivity contribution in [1.29, 1.82) is 0 Å². The molecule has 0 atom stereocenters. The lowest BCUT2D eigenvalue weighted by Crippen LogP contribution is -2.33. The molecule has 0 spiro atoms. The highest BCUT2D eigenvalue weighted by molar-refractivity contribution is 6.46. The number of ether oxygens (including phenoxy) is 1. The molecule has 0 unspecified atom stereocenters. The second kappa shape index (κ2) is 9.08. The van der Waals surface area contributed by atoms with E-state index in [1.54, 1.807) is 42.5 Å². The summed E-state index contributed by atoms with van der Waals surface area (Å²) in [4.78, 5) is 28.3. The number of hydrogen-bond acceptors (Lipinski definition) is 4. The monoisotopic (exact) mass is 464 g/mol. The summed E-state index contributed by atoms with van der Waals surface area (Å²) < 4.78 is 19.4. The summed E-state index contributed by atoms with van der Waals surface area (Å²) in [5.74, 6) is -1.11. The highest BCUT2D eigenvalue weighted by atomic mass is 35.5. The summed E-state index contributed by atoms with van der Waals surface area (Å²) in [7, 11) is 0. The van der Waals surface area contributed by atoms with Crippen LogP contribution in [0.25, 0.3) is 5.57 Å². The Balaban J connectivity index is 1.85. The normalized spacial score (nSPS) is 13.8. The smallest absolute Gasteiger partial charge is 0.282 e. The molecule has 0 fully saturated rings. The van der Waals surface area contributed by atoms with Gasteiger partial charge in [-0.05, 0) is 68.3 Å². The van der Waals surface area contributed by atoms with Gasteiger partial charge in [0.05, 0.1) is 17.4 Å². The zero-order valence-electron chi connectivity index (χ0n) is 18.4. The third-order valence-corrected chi connectivity index (χ3v) is 5.62. The molecule has 1 aliphatic heterocycles. The van der Waals surface area contributed by atoms with Crippen molar-refractivity contribution in [2.45, 2.75) is 26.9 Å². The molecule has 0 bridgehead atoms. The van der Waals surface area contributed by atoms with Gasteiger partial charge in [0.2, 0.25) is 0 Å². The topological polar surface area (TPSA) is 58.6 Å². The molecule has 0 saturated heterocycles. The minimum atomic E-state index is -0.543.